The Bertz CT molecular complexity index is 320. The summed E-state index contributed by atoms with van der Waals surface area (Å²) in [6.07, 6.45) is 3.66. The fourth-order valence-corrected chi connectivity index (χ4v) is 1.78. The molecule has 82 valence electrons. The predicted molar refractivity (Wildman–Crippen MR) is 60.3 cm³/mol. The highest BCUT2D eigenvalue weighted by Gasteiger charge is 2.21. The van der Waals surface area contributed by atoms with Crippen molar-refractivity contribution in [2.45, 2.75) is 32.2 Å². The summed E-state index contributed by atoms with van der Waals surface area (Å²) in [5.41, 5.74) is 1.07. The maximum Gasteiger partial charge on any atom is 0.123 e. The lowest BCUT2D eigenvalue weighted by Gasteiger charge is -2.13. The lowest BCUT2D eigenvalue weighted by Crippen LogP contribution is -2.29. The van der Waals surface area contributed by atoms with E-state index in [-0.39, 0.29) is 5.82 Å². The number of benzene rings is 1. The molecule has 0 radical (unpaired) electrons. The molecular weight excluding hydrogens is 189 g/mol. The molecule has 0 spiro atoms. The molecule has 1 aliphatic carbocycles. The molecule has 0 aromatic heterocycles. The molecule has 0 heterocycles. The van der Waals surface area contributed by atoms with Crippen LogP contribution in [0, 0.1) is 11.7 Å². The van der Waals surface area contributed by atoms with Crippen LogP contribution in [0.4, 0.5) is 4.39 Å². The Morgan fingerprint density at radius 2 is 2.27 bits per heavy atom. The molecule has 0 aliphatic heterocycles. The van der Waals surface area contributed by atoms with Crippen LogP contribution < -0.4 is 5.32 Å². The molecule has 1 nitrogen and oxygen atoms in total. The first-order chi connectivity index (χ1) is 7.24. The average molecular weight is 207 g/mol. The van der Waals surface area contributed by atoms with Crippen LogP contribution in [0.15, 0.2) is 24.3 Å². The summed E-state index contributed by atoms with van der Waals surface area (Å²) in [5, 5.41) is 3.49. The van der Waals surface area contributed by atoms with Crippen LogP contribution in [0.1, 0.15) is 25.3 Å². The molecule has 1 atom stereocenters. The zero-order chi connectivity index (χ0) is 10.7. The monoisotopic (exact) mass is 207 g/mol. The minimum atomic E-state index is -0.137. The van der Waals surface area contributed by atoms with E-state index in [9.17, 15) is 4.39 Å². The van der Waals surface area contributed by atoms with Gasteiger partial charge in [-0.25, -0.2) is 4.39 Å². The first-order valence-corrected chi connectivity index (χ1v) is 5.72. The summed E-state index contributed by atoms with van der Waals surface area (Å²) in [6, 6.07) is 7.31. The third-order valence-corrected chi connectivity index (χ3v) is 2.88. The molecule has 1 N–H and O–H groups in total. The van der Waals surface area contributed by atoms with Gasteiger partial charge < -0.3 is 5.32 Å². The second-order valence-corrected chi connectivity index (χ2v) is 4.59. The third-order valence-electron chi connectivity index (χ3n) is 2.88. The second-order valence-electron chi connectivity index (χ2n) is 4.59. The SMILES string of the molecule is CC(Cc1cccc(F)c1)NCC1CC1. The van der Waals surface area contributed by atoms with E-state index in [4.69, 9.17) is 0 Å². The molecule has 1 aromatic carbocycles. The second kappa shape index (κ2) is 4.75. The van der Waals surface area contributed by atoms with Crippen LogP contribution in [-0.4, -0.2) is 12.6 Å². The Labute approximate surface area is 90.7 Å². The van der Waals surface area contributed by atoms with Gasteiger partial charge in [-0.3, -0.25) is 0 Å². The van der Waals surface area contributed by atoms with Gasteiger partial charge in [0, 0.05) is 6.04 Å². The van der Waals surface area contributed by atoms with Gasteiger partial charge in [0.25, 0.3) is 0 Å². The molecular formula is C13H18FN. The van der Waals surface area contributed by atoms with Gasteiger partial charge in [0.1, 0.15) is 5.82 Å². The van der Waals surface area contributed by atoms with Gasteiger partial charge in [-0.1, -0.05) is 12.1 Å². The van der Waals surface area contributed by atoms with Crippen LogP contribution in [-0.2, 0) is 6.42 Å². The van der Waals surface area contributed by atoms with E-state index in [2.05, 4.69) is 12.2 Å². The maximum atomic E-state index is 12.9. The fourth-order valence-electron chi connectivity index (χ4n) is 1.78. The van der Waals surface area contributed by atoms with E-state index in [1.165, 1.54) is 18.9 Å². The van der Waals surface area contributed by atoms with Crippen LogP contribution in [0.25, 0.3) is 0 Å². The predicted octanol–water partition coefficient (Wildman–Crippen LogP) is 2.76. The lowest BCUT2D eigenvalue weighted by atomic mass is 10.1. The zero-order valence-corrected chi connectivity index (χ0v) is 9.17. The van der Waals surface area contributed by atoms with Gasteiger partial charge in [0.15, 0.2) is 0 Å². The van der Waals surface area contributed by atoms with Crippen molar-refractivity contribution in [1.29, 1.82) is 0 Å². The minimum absolute atomic E-state index is 0.137. The van der Waals surface area contributed by atoms with Crippen molar-refractivity contribution in [2.75, 3.05) is 6.54 Å². The Balaban J connectivity index is 1.79. The van der Waals surface area contributed by atoms with Crippen molar-refractivity contribution in [3.05, 3.63) is 35.6 Å². The summed E-state index contributed by atoms with van der Waals surface area (Å²) in [7, 11) is 0. The molecule has 0 amide bonds. The summed E-state index contributed by atoms with van der Waals surface area (Å²) >= 11 is 0. The van der Waals surface area contributed by atoms with Gasteiger partial charge >= 0.3 is 0 Å². The van der Waals surface area contributed by atoms with Crippen LogP contribution >= 0.6 is 0 Å². The lowest BCUT2D eigenvalue weighted by molar-refractivity contribution is 0.524. The molecule has 15 heavy (non-hydrogen) atoms. The molecule has 0 saturated heterocycles. The number of nitrogens with one attached hydrogen (secondary N) is 1. The van der Waals surface area contributed by atoms with E-state index < -0.39 is 0 Å². The Hall–Kier alpha value is -0.890. The first kappa shape index (κ1) is 10.6. The molecule has 0 bridgehead atoms. The maximum absolute atomic E-state index is 12.9. The fraction of sp³-hybridized carbons (Fsp3) is 0.538. The smallest absolute Gasteiger partial charge is 0.123 e. The van der Waals surface area contributed by atoms with Gasteiger partial charge in [-0.15, -0.1) is 0 Å². The number of hydrogen-bond acceptors (Lipinski definition) is 1. The van der Waals surface area contributed by atoms with Crippen molar-refractivity contribution in [3.63, 3.8) is 0 Å². The van der Waals surface area contributed by atoms with E-state index in [0.717, 1.165) is 24.4 Å². The van der Waals surface area contributed by atoms with Crippen molar-refractivity contribution >= 4 is 0 Å². The summed E-state index contributed by atoms with van der Waals surface area (Å²) in [4.78, 5) is 0. The van der Waals surface area contributed by atoms with Crippen molar-refractivity contribution in [1.82, 2.24) is 5.32 Å². The Morgan fingerprint density at radius 3 is 2.93 bits per heavy atom. The van der Waals surface area contributed by atoms with Gasteiger partial charge in [0.05, 0.1) is 0 Å². The normalized spacial score (nSPS) is 17.7. The van der Waals surface area contributed by atoms with Crippen LogP contribution in [0.2, 0.25) is 0 Å². The third kappa shape index (κ3) is 3.63. The van der Waals surface area contributed by atoms with E-state index in [0.29, 0.717) is 6.04 Å². The molecule has 1 aromatic rings. The van der Waals surface area contributed by atoms with Gasteiger partial charge in [-0.05, 0) is 56.3 Å². The van der Waals surface area contributed by atoms with Crippen LogP contribution in [0.3, 0.4) is 0 Å². The van der Waals surface area contributed by atoms with Crippen molar-refractivity contribution in [2.24, 2.45) is 5.92 Å². The number of hydrogen-bond donors (Lipinski definition) is 1. The van der Waals surface area contributed by atoms with Crippen LogP contribution in [0.5, 0.6) is 0 Å². The highest BCUT2D eigenvalue weighted by Crippen LogP contribution is 2.27. The summed E-state index contributed by atoms with van der Waals surface area (Å²) in [5.74, 6) is 0.766. The molecule has 1 unspecified atom stereocenters. The zero-order valence-electron chi connectivity index (χ0n) is 9.17. The molecule has 1 fully saturated rings. The molecule has 2 rings (SSSR count). The molecule has 2 heteroatoms. The number of halogens is 1. The highest BCUT2D eigenvalue weighted by atomic mass is 19.1. The van der Waals surface area contributed by atoms with E-state index in [1.807, 2.05) is 6.07 Å². The van der Waals surface area contributed by atoms with Gasteiger partial charge in [0.2, 0.25) is 0 Å². The Morgan fingerprint density at radius 1 is 1.47 bits per heavy atom. The highest BCUT2D eigenvalue weighted by molar-refractivity contribution is 5.17. The summed E-state index contributed by atoms with van der Waals surface area (Å²) < 4.78 is 12.9. The quantitative estimate of drug-likeness (QED) is 0.783. The molecule has 1 saturated carbocycles. The number of rotatable bonds is 5. The molecule has 1 aliphatic rings. The minimum Gasteiger partial charge on any atom is -0.314 e. The summed E-state index contributed by atoms with van der Waals surface area (Å²) in [6.45, 7) is 3.28. The van der Waals surface area contributed by atoms with Crippen molar-refractivity contribution < 1.29 is 4.39 Å². The van der Waals surface area contributed by atoms with Gasteiger partial charge in [-0.2, -0.15) is 0 Å². The van der Waals surface area contributed by atoms with E-state index in [1.54, 1.807) is 12.1 Å². The topological polar surface area (TPSA) is 12.0 Å². The average Bonchev–Trinajstić information content (AvgIpc) is 2.98. The van der Waals surface area contributed by atoms with Crippen molar-refractivity contribution in [3.8, 4) is 0 Å². The Kier molecular flexibility index (Phi) is 3.37. The first-order valence-electron chi connectivity index (χ1n) is 5.72. The standard InChI is InChI=1S/C13H18FN/c1-10(15-9-11-5-6-11)7-12-3-2-4-13(14)8-12/h2-4,8,10-11,15H,5-7,9H2,1H3. The van der Waals surface area contributed by atoms with E-state index >= 15 is 0 Å². The largest absolute Gasteiger partial charge is 0.314 e.